The van der Waals surface area contributed by atoms with Crippen molar-refractivity contribution in [3.05, 3.63) is 30.3 Å². The van der Waals surface area contributed by atoms with Crippen LogP contribution in [0.1, 0.15) is 0 Å². The molecule has 0 bridgehead atoms. The number of rotatable bonds is 1. The van der Waals surface area contributed by atoms with Gasteiger partial charge in [0.2, 0.25) is 0 Å². The third-order valence-corrected chi connectivity index (χ3v) is 7.30. The third-order valence-electron chi connectivity index (χ3n) is 1.49. The standard InChI is InChI=1S/C8H12AsBrO/c1-9(2,10,11)8-6-4-3-5-7-8/h3-7,11H,1-2H3. The first-order chi connectivity index (χ1) is 4.86. The summed E-state index contributed by atoms with van der Waals surface area (Å²) in [7, 11) is -3.19. The zero-order valence-electron chi connectivity index (χ0n) is 6.66. The Morgan fingerprint density at radius 1 is 1.18 bits per heavy atom. The monoisotopic (exact) mass is 278 g/mol. The molecule has 0 saturated heterocycles. The number of halogens is 1. The van der Waals surface area contributed by atoms with Gasteiger partial charge in [0.05, 0.1) is 0 Å². The molecule has 1 aromatic carbocycles. The van der Waals surface area contributed by atoms with E-state index in [0.29, 0.717) is 0 Å². The Labute approximate surface area is 75.0 Å². The fraction of sp³-hybridized carbons (Fsp3) is 0.250. The fourth-order valence-electron chi connectivity index (χ4n) is 0.849. The molecule has 0 radical (unpaired) electrons. The summed E-state index contributed by atoms with van der Waals surface area (Å²) in [5.41, 5.74) is 3.79. The Morgan fingerprint density at radius 3 is 1.91 bits per heavy atom. The molecule has 0 amide bonds. The molecule has 0 unspecified atom stereocenters. The van der Waals surface area contributed by atoms with E-state index in [1.165, 1.54) is 0 Å². The molecule has 1 rings (SSSR count). The molecule has 1 N–H and O–H groups in total. The average molecular weight is 279 g/mol. The SMILES string of the molecule is C[As](C)(O)(Br)c1ccccc1. The minimum atomic E-state index is -3.19. The molecule has 0 saturated carbocycles. The predicted molar refractivity (Wildman–Crippen MR) is 54.7 cm³/mol. The maximum absolute atomic E-state index is 10.1. The van der Waals surface area contributed by atoms with Gasteiger partial charge in [-0.2, -0.15) is 0 Å². The van der Waals surface area contributed by atoms with Crippen molar-refractivity contribution in [1.29, 1.82) is 0 Å². The molecule has 11 heavy (non-hydrogen) atoms. The van der Waals surface area contributed by atoms with Crippen molar-refractivity contribution in [1.82, 2.24) is 0 Å². The van der Waals surface area contributed by atoms with Gasteiger partial charge in [0.25, 0.3) is 0 Å². The molecule has 0 spiro atoms. The van der Waals surface area contributed by atoms with Gasteiger partial charge in [-0.05, 0) is 0 Å². The van der Waals surface area contributed by atoms with Gasteiger partial charge in [-0.3, -0.25) is 0 Å². The van der Waals surface area contributed by atoms with Gasteiger partial charge in [-0.25, -0.2) is 0 Å². The van der Waals surface area contributed by atoms with E-state index in [4.69, 9.17) is 0 Å². The molecule has 0 heterocycles. The molecule has 0 aromatic heterocycles. The van der Waals surface area contributed by atoms with E-state index in [2.05, 4.69) is 13.9 Å². The van der Waals surface area contributed by atoms with E-state index < -0.39 is 10.9 Å². The first kappa shape index (κ1) is 9.31. The Balaban J connectivity index is 3.14. The Morgan fingerprint density at radius 2 is 1.64 bits per heavy atom. The van der Waals surface area contributed by atoms with Gasteiger partial charge in [0, 0.05) is 0 Å². The van der Waals surface area contributed by atoms with E-state index >= 15 is 0 Å². The summed E-state index contributed by atoms with van der Waals surface area (Å²) < 4.78 is 11.1. The fourth-order valence-corrected chi connectivity index (χ4v) is 4.21. The van der Waals surface area contributed by atoms with Gasteiger partial charge < -0.3 is 0 Å². The van der Waals surface area contributed by atoms with Crippen molar-refractivity contribution in [2.75, 3.05) is 0 Å². The van der Waals surface area contributed by atoms with Crippen LogP contribution in [-0.4, -0.2) is 15.0 Å². The van der Waals surface area contributed by atoms with Crippen LogP contribution in [0.4, 0.5) is 0 Å². The topological polar surface area (TPSA) is 20.2 Å². The molecule has 1 nitrogen and oxygen atoms in total. The van der Waals surface area contributed by atoms with Gasteiger partial charge in [-0.1, -0.05) is 0 Å². The Hall–Kier alpha value is 0.218. The van der Waals surface area contributed by atoms with Gasteiger partial charge in [0.1, 0.15) is 0 Å². The summed E-state index contributed by atoms with van der Waals surface area (Å²) in [5, 5.41) is 0. The average Bonchev–Trinajstić information content (AvgIpc) is 1.86. The van der Waals surface area contributed by atoms with Crippen LogP contribution in [0.2, 0.25) is 11.4 Å². The van der Waals surface area contributed by atoms with Crippen LogP contribution in [0.5, 0.6) is 0 Å². The number of hydrogen-bond donors (Lipinski definition) is 1. The zero-order valence-corrected chi connectivity index (χ0v) is 10.1. The van der Waals surface area contributed by atoms with Crippen LogP contribution in [0.3, 0.4) is 0 Å². The van der Waals surface area contributed by atoms with Crippen molar-refractivity contribution < 1.29 is 4.10 Å². The third kappa shape index (κ3) is 2.62. The summed E-state index contributed by atoms with van der Waals surface area (Å²) >= 11 is 3.43. The van der Waals surface area contributed by atoms with Crippen molar-refractivity contribution in [3.63, 3.8) is 0 Å². The second-order valence-electron chi connectivity index (χ2n) is 3.23. The van der Waals surface area contributed by atoms with Crippen LogP contribution in [0.15, 0.2) is 30.3 Å². The molecule has 0 aliphatic carbocycles. The normalized spacial score (nSPS) is 15.5. The molecular formula is C8H12AsBrO. The first-order valence-electron chi connectivity index (χ1n) is 3.40. The van der Waals surface area contributed by atoms with Crippen molar-refractivity contribution in [3.8, 4) is 0 Å². The quantitative estimate of drug-likeness (QED) is 0.779. The van der Waals surface area contributed by atoms with Crippen molar-refractivity contribution in [2.24, 2.45) is 0 Å². The molecular weight excluding hydrogens is 267 g/mol. The van der Waals surface area contributed by atoms with Crippen molar-refractivity contribution >= 4 is 29.2 Å². The first-order valence-corrected chi connectivity index (χ1v) is 13.3. The molecule has 0 atom stereocenters. The number of benzene rings is 1. The summed E-state index contributed by atoms with van der Waals surface area (Å²) in [4.78, 5) is 0. The predicted octanol–water partition coefficient (Wildman–Crippen LogP) is 1.94. The van der Waals surface area contributed by atoms with E-state index in [9.17, 15) is 4.10 Å². The molecule has 3 heteroatoms. The minimum absolute atomic E-state index is 1.03. The van der Waals surface area contributed by atoms with E-state index in [0.717, 1.165) is 4.35 Å². The van der Waals surface area contributed by atoms with Gasteiger partial charge >= 0.3 is 75.1 Å². The van der Waals surface area contributed by atoms with E-state index in [1.54, 1.807) is 0 Å². The molecule has 62 valence electrons. The summed E-state index contributed by atoms with van der Waals surface area (Å²) in [5.74, 6) is 0. The molecule has 1 aromatic rings. The molecule has 0 aliphatic rings. The molecule has 0 fully saturated rings. The van der Waals surface area contributed by atoms with E-state index in [-0.39, 0.29) is 0 Å². The van der Waals surface area contributed by atoms with E-state index in [1.807, 2.05) is 41.8 Å². The van der Waals surface area contributed by atoms with Crippen molar-refractivity contribution in [2.45, 2.75) is 11.4 Å². The van der Waals surface area contributed by atoms with Gasteiger partial charge in [-0.15, -0.1) is 0 Å². The summed E-state index contributed by atoms with van der Waals surface area (Å²) in [6.45, 7) is 0. The zero-order chi connectivity index (χ0) is 8.56. The Bertz CT molecular complexity index is 241. The second-order valence-corrected chi connectivity index (χ2v) is 23.1. The summed E-state index contributed by atoms with van der Waals surface area (Å²) in [6, 6.07) is 9.76. The molecule has 0 aliphatic heterocycles. The van der Waals surface area contributed by atoms with Crippen LogP contribution >= 0.6 is 13.9 Å². The van der Waals surface area contributed by atoms with Crippen LogP contribution in [0.25, 0.3) is 0 Å². The second kappa shape index (κ2) is 2.62. The van der Waals surface area contributed by atoms with Crippen LogP contribution in [-0.2, 0) is 0 Å². The Kier molecular flexibility index (Phi) is 2.21. The maximum atomic E-state index is 10.1. The van der Waals surface area contributed by atoms with Crippen LogP contribution in [0, 0.1) is 0 Å². The van der Waals surface area contributed by atoms with Gasteiger partial charge in [0.15, 0.2) is 0 Å². The number of hydrogen-bond acceptors (Lipinski definition) is 1. The van der Waals surface area contributed by atoms with Crippen LogP contribution < -0.4 is 4.35 Å². The summed E-state index contributed by atoms with van der Waals surface area (Å²) in [6.07, 6.45) is 0.